The molecule has 1 aromatic heterocycles. The zero-order valence-electron chi connectivity index (χ0n) is 23.2. The molecule has 8 nitrogen and oxygen atoms in total. The van der Waals surface area contributed by atoms with Crippen LogP contribution in [-0.4, -0.2) is 61.7 Å². The number of aromatic nitrogens is 1. The Morgan fingerprint density at radius 1 is 0.929 bits per heavy atom. The van der Waals surface area contributed by atoms with E-state index in [1.54, 1.807) is 62.4 Å². The van der Waals surface area contributed by atoms with E-state index >= 15 is 0 Å². The van der Waals surface area contributed by atoms with Gasteiger partial charge in [-0.15, -0.1) is 0 Å². The molecule has 2 aromatic carbocycles. The quantitative estimate of drug-likeness (QED) is 0.380. The van der Waals surface area contributed by atoms with Crippen LogP contribution in [0.25, 0.3) is 5.70 Å². The molecule has 0 saturated carbocycles. The van der Waals surface area contributed by atoms with Crippen LogP contribution < -0.4 is 0 Å². The van der Waals surface area contributed by atoms with E-state index in [0.717, 1.165) is 11.9 Å². The number of carbonyl (C=O) groups is 4. The summed E-state index contributed by atoms with van der Waals surface area (Å²) < 4.78 is 42.0. The van der Waals surface area contributed by atoms with Crippen molar-refractivity contribution in [2.75, 3.05) is 0 Å². The van der Waals surface area contributed by atoms with Gasteiger partial charge < -0.3 is 0 Å². The summed E-state index contributed by atoms with van der Waals surface area (Å²) in [5, 5.41) is 1.41. The van der Waals surface area contributed by atoms with E-state index in [2.05, 4.69) is 4.98 Å². The Hall–Kier alpha value is -4.80. The minimum atomic E-state index is -5.30. The topological polar surface area (TPSA) is 90.9 Å². The molecule has 0 aliphatic carbocycles. The molecule has 0 spiro atoms. The van der Waals surface area contributed by atoms with E-state index in [9.17, 15) is 32.3 Å². The zero-order chi connectivity index (χ0) is 30.6. The molecule has 0 bridgehead atoms. The second-order valence-corrected chi connectivity index (χ2v) is 10.1. The Kier molecular flexibility index (Phi) is 8.89. The standard InChI is InChI=1S/C31H29F3N4O4/c1-20(2)27-30(42)38(37(21(3)39)25(28(40)31(32,33)34)18-22-10-6-4-7-11-22)26(23-12-8-5-9-13-23)19-36(27)29(41)24-14-16-35-17-15-24/h4-17,19-20,25,27H,18H2,1-3H3. The summed E-state index contributed by atoms with van der Waals surface area (Å²) in [5.41, 5.74) is 0.891. The Morgan fingerprint density at radius 3 is 2.02 bits per heavy atom. The van der Waals surface area contributed by atoms with Crippen LogP contribution in [0.1, 0.15) is 42.3 Å². The van der Waals surface area contributed by atoms with E-state index in [0.29, 0.717) is 16.1 Å². The Bertz CT molecular complexity index is 1480. The number of halogens is 3. The SMILES string of the molecule is CC(=O)N(C(Cc1ccccc1)C(=O)C(F)(F)F)N1C(=O)C(C(C)C)N(C(=O)c2ccncc2)C=C1c1ccccc1. The summed E-state index contributed by atoms with van der Waals surface area (Å²) in [6.07, 6.45) is -1.62. The third-order valence-corrected chi connectivity index (χ3v) is 6.80. The molecule has 218 valence electrons. The molecule has 0 saturated heterocycles. The van der Waals surface area contributed by atoms with Gasteiger partial charge in [0.1, 0.15) is 12.1 Å². The molecule has 1 aliphatic heterocycles. The largest absolute Gasteiger partial charge is 0.452 e. The molecule has 1 aliphatic rings. The third kappa shape index (κ3) is 6.24. The summed E-state index contributed by atoms with van der Waals surface area (Å²) in [4.78, 5) is 59.3. The summed E-state index contributed by atoms with van der Waals surface area (Å²) in [6, 6.07) is 15.7. The lowest BCUT2D eigenvalue weighted by atomic mass is 9.96. The lowest BCUT2D eigenvalue weighted by Gasteiger charge is -2.47. The Balaban J connectivity index is 1.95. The van der Waals surface area contributed by atoms with Crippen LogP contribution in [0, 0.1) is 5.92 Å². The highest BCUT2D eigenvalue weighted by Crippen LogP contribution is 2.35. The van der Waals surface area contributed by atoms with Crippen LogP contribution in [-0.2, 0) is 20.8 Å². The molecule has 42 heavy (non-hydrogen) atoms. The highest BCUT2D eigenvalue weighted by atomic mass is 19.4. The number of hydrazine groups is 1. The first-order valence-electron chi connectivity index (χ1n) is 13.2. The molecule has 4 rings (SSSR count). The molecule has 0 fully saturated rings. The van der Waals surface area contributed by atoms with Crippen LogP contribution in [0.5, 0.6) is 0 Å². The molecule has 0 N–H and O–H groups in total. The van der Waals surface area contributed by atoms with Crippen LogP contribution in [0.15, 0.2) is 91.4 Å². The number of pyridine rings is 1. The number of hydrogen-bond acceptors (Lipinski definition) is 5. The van der Waals surface area contributed by atoms with E-state index < -0.39 is 54.1 Å². The van der Waals surface area contributed by atoms with Gasteiger partial charge in [0.15, 0.2) is 0 Å². The number of Topliss-reactive ketones (excluding diaryl/α,β-unsaturated/α-hetero) is 1. The minimum Gasteiger partial charge on any atom is -0.300 e. The van der Waals surface area contributed by atoms with Crippen LogP contribution >= 0.6 is 0 Å². The smallest absolute Gasteiger partial charge is 0.300 e. The average molecular weight is 579 g/mol. The molecular formula is C31H29F3N4O4. The lowest BCUT2D eigenvalue weighted by molar-refractivity contribution is -0.187. The third-order valence-electron chi connectivity index (χ3n) is 6.80. The van der Waals surface area contributed by atoms with Crippen LogP contribution in [0.2, 0.25) is 0 Å². The van der Waals surface area contributed by atoms with Crippen molar-refractivity contribution in [1.82, 2.24) is 19.9 Å². The predicted octanol–water partition coefficient (Wildman–Crippen LogP) is 4.90. The second kappa shape index (κ2) is 12.4. The highest BCUT2D eigenvalue weighted by molar-refractivity contribution is 6.04. The van der Waals surface area contributed by atoms with Crippen LogP contribution in [0.4, 0.5) is 13.2 Å². The van der Waals surface area contributed by atoms with E-state index in [4.69, 9.17) is 0 Å². The summed E-state index contributed by atoms with van der Waals surface area (Å²) in [6.45, 7) is 4.35. The van der Waals surface area contributed by atoms with Crippen molar-refractivity contribution in [3.8, 4) is 0 Å². The van der Waals surface area contributed by atoms with Crippen molar-refractivity contribution < 1.29 is 32.3 Å². The normalized spacial score (nSPS) is 16.2. The van der Waals surface area contributed by atoms with Crippen molar-refractivity contribution in [3.05, 3.63) is 108 Å². The Labute approximate surface area is 241 Å². The first-order valence-corrected chi connectivity index (χ1v) is 13.2. The van der Waals surface area contributed by atoms with Gasteiger partial charge in [-0.25, -0.2) is 10.0 Å². The van der Waals surface area contributed by atoms with Gasteiger partial charge in [0, 0.05) is 43.1 Å². The van der Waals surface area contributed by atoms with Gasteiger partial charge in [0.2, 0.25) is 5.91 Å². The maximum absolute atomic E-state index is 14.4. The fraction of sp³-hybridized carbons (Fsp3) is 0.258. The fourth-order valence-electron chi connectivity index (χ4n) is 4.91. The maximum atomic E-state index is 14.4. The molecule has 0 radical (unpaired) electrons. The van der Waals surface area contributed by atoms with Crippen molar-refractivity contribution >= 4 is 29.2 Å². The lowest BCUT2D eigenvalue weighted by Crippen LogP contribution is -2.64. The Morgan fingerprint density at radius 2 is 1.50 bits per heavy atom. The zero-order valence-corrected chi connectivity index (χ0v) is 23.2. The fourth-order valence-corrected chi connectivity index (χ4v) is 4.91. The highest BCUT2D eigenvalue weighted by Gasteiger charge is 2.51. The van der Waals surface area contributed by atoms with Gasteiger partial charge in [0.05, 0.1) is 5.70 Å². The molecule has 2 atom stereocenters. The first-order chi connectivity index (χ1) is 19.9. The van der Waals surface area contributed by atoms with Crippen molar-refractivity contribution in [2.45, 2.75) is 45.5 Å². The van der Waals surface area contributed by atoms with E-state index in [-0.39, 0.29) is 11.3 Å². The molecule has 2 heterocycles. The predicted molar refractivity (Wildman–Crippen MR) is 148 cm³/mol. The van der Waals surface area contributed by atoms with E-state index in [1.807, 2.05) is 0 Å². The number of ketones is 1. The number of rotatable bonds is 8. The number of alkyl halides is 3. The van der Waals surface area contributed by atoms with Gasteiger partial charge in [-0.05, 0) is 23.6 Å². The first kappa shape index (κ1) is 30.2. The monoisotopic (exact) mass is 578 g/mol. The summed E-state index contributed by atoms with van der Waals surface area (Å²) in [5.74, 6) is -5.05. The molecule has 3 aromatic rings. The number of benzene rings is 2. The second-order valence-electron chi connectivity index (χ2n) is 10.1. The summed E-state index contributed by atoms with van der Waals surface area (Å²) in [7, 11) is 0. The number of amides is 3. The number of hydrogen-bond donors (Lipinski definition) is 0. The van der Waals surface area contributed by atoms with Gasteiger partial charge in [-0.3, -0.25) is 29.1 Å². The number of nitrogens with zero attached hydrogens (tertiary/aromatic N) is 4. The molecular weight excluding hydrogens is 549 g/mol. The van der Waals surface area contributed by atoms with Crippen molar-refractivity contribution in [3.63, 3.8) is 0 Å². The van der Waals surface area contributed by atoms with Gasteiger partial charge in [0.25, 0.3) is 17.6 Å². The molecule has 3 amide bonds. The van der Waals surface area contributed by atoms with Crippen molar-refractivity contribution in [2.24, 2.45) is 5.92 Å². The van der Waals surface area contributed by atoms with Gasteiger partial charge in [-0.2, -0.15) is 13.2 Å². The maximum Gasteiger partial charge on any atom is 0.452 e. The van der Waals surface area contributed by atoms with Gasteiger partial charge >= 0.3 is 6.18 Å². The minimum absolute atomic E-state index is 0.0388. The summed E-state index contributed by atoms with van der Waals surface area (Å²) >= 11 is 0. The van der Waals surface area contributed by atoms with Crippen molar-refractivity contribution in [1.29, 1.82) is 0 Å². The van der Waals surface area contributed by atoms with Crippen LogP contribution in [0.3, 0.4) is 0 Å². The number of carbonyl (C=O) groups excluding carboxylic acids is 4. The molecule has 11 heteroatoms. The van der Waals surface area contributed by atoms with E-state index in [1.165, 1.54) is 47.8 Å². The van der Waals surface area contributed by atoms with Gasteiger partial charge in [-0.1, -0.05) is 74.5 Å². The average Bonchev–Trinajstić information content (AvgIpc) is 2.97. The molecule has 2 unspecified atom stereocenters.